The van der Waals surface area contributed by atoms with Crippen molar-refractivity contribution >= 4 is 5.78 Å². The fraction of sp³-hybridized carbons (Fsp3) is 0.538. The molecule has 86 valence electrons. The summed E-state index contributed by atoms with van der Waals surface area (Å²) in [4.78, 5) is 16.6. The van der Waals surface area contributed by atoms with E-state index < -0.39 is 0 Å². The Labute approximate surface area is 96.3 Å². The van der Waals surface area contributed by atoms with E-state index in [1.54, 1.807) is 6.20 Å². The molecule has 2 heterocycles. The molecule has 1 aromatic rings. The summed E-state index contributed by atoms with van der Waals surface area (Å²) in [7, 11) is 0. The Morgan fingerprint density at radius 3 is 2.88 bits per heavy atom. The smallest absolute Gasteiger partial charge is 0.171 e. The van der Waals surface area contributed by atoms with E-state index in [0.29, 0.717) is 0 Å². The molecule has 1 aromatic heterocycles. The molecule has 0 aromatic carbocycles. The fourth-order valence-electron chi connectivity index (χ4n) is 2.31. The van der Waals surface area contributed by atoms with Crippen LogP contribution in [0.4, 0.5) is 0 Å². The Kier molecular flexibility index (Phi) is 3.06. The lowest BCUT2D eigenvalue weighted by Crippen LogP contribution is -2.33. The Morgan fingerprint density at radius 2 is 2.38 bits per heavy atom. The molecule has 1 N–H and O–H groups in total. The number of rotatable bonds is 3. The lowest BCUT2D eigenvalue weighted by molar-refractivity contribution is 0.0810. The number of nitrogens with one attached hydrogen (secondary N) is 1. The Morgan fingerprint density at radius 1 is 1.56 bits per heavy atom. The van der Waals surface area contributed by atoms with E-state index in [-0.39, 0.29) is 11.2 Å². The van der Waals surface area contributed by atoms with E-state index in [9.17, 15) is 4.79 Å². The first-order chi connectivity index (χ1) is 7.68. The average Bonchev–Trinajstić information content (AvgIpc) is 2.79. The van der Waals surface area contributed by atoms with Gasteiger partial charge in [0.25, 0.3) is 0 Å². The molecule has 3 nitrogen and oxygen atoms in total. The summed E-state index contributed by atoms with van der Waals surface area (Å²) in [5.74, 6) is 0.243. The van der Waals surface area contributed by atoms with Crippen molar-refractivity contribution in [1.82, 2.24) is 10.3 Å². The van der Waals surface area contributed by atoms with Crippen molar-refractivity contribution in [3.05, 3.63) is 29.6 Å². The molecule has 1 aliphatic heterocycles. The third-order valence-electron chi connectivity index (χ3n) is 3.58. The number of hydrogen-bond donors (Lipinski definition) is 1. The predicted molar refractivity (Wildman–Crippen MR) is 63.5 cm³/mol. The van der Waals surface area contributed by atoms with Gasteiger partial charge in [-0.2, -0.15) is 0 Å². The molecule has 2 rings (SSSR count). The van der Waals surface area contributed by atoms with Crippen LogP contribution in [-0.2, 0) is 0 Å². The van der Waals surface area contributed by atoms with E-state index in [0.717, 1.165) is 37.2 Å². The summed E-state index contributed by atoms with van der Waals surface area (Å²) in [6.07, 6.45) is 3.54. The van der Waals surface area contributed by atoms with E-state index in [2.05, 4.69) is 17.2 Å². The SMILES string of the molecule is CCC1(C(=O)c2ccc(C)nc2)CCNC1. The number of carbonyl (C=O) groups is 1. The first-order valence-electron chi connectivity index (χ1n) is 5.86. The number of Topliss-reactive ketones (excluding diaryl/α,β-unsaturated/α-hetero) is 1. The van der Waals surface area contributed by atoms with Crippen molar-refractivity contribution in [2.45, 2.75) is 26.7 Å². The van der Waals surface area contributed by atoms with E-state index in [4.69, 9.17) is 0 Å². The molecule has 16 heavy (non-hydrogen) atoms. The minimum Gasteiger partial charge on any atom is -0.316 e. The van der Waals surface area contributed by atoms with Gasteiger partial charge in [-0.15, -0.1) is 0 Å². The lowest BCUT2D eigenvalue weighted by Gasteiger charge is -2.24. The summed E-state index contributed by atoms with van der Waals surface area (Å²) < 4.78 is 0. The monoisotopic (exact) mass is 218 g/mol. The second-order valence-corrected chi connectivity index (χ2v) is 4.58. The Balaban J connectivity index is 2.26. The van der Waals surface area contributed by atoms with Crippen LogP contribution in [0, 0.1) is 12.3 Å². The van der Waals surface area contributed by atoms with Crippen molar-refractivity contribution in [3.63, 3.8) is 0 Å². The third kappa shape index (κ3) is 1.87. The van der Waals surface area contributed by atoms with Gasteiger partial charge in [-0.1, -0.05) is 6.92 Å². The van der Waals surface area contributed by atoms with E-state index in [1.807, 2.05) is 19.1 Å². The molecule has 0 spiro atoms. The molecule has 3 heteroatoms. The standard InChI is InChI=1S/C13H18N2O/c1-3-13(6-7-14-9-13)12(16)11-5-4-10(2)15-8-11/h4-5,8,14H,3,6-7,9H2,1-2H3. The van der Waals surface area contributed by atoms with Gasteiger partial charge in [-0.3, -0.25) is 9.78 Å². The van der Waals surface area contributed by atoms with Gasteiger partial charge in [0.15, 0.2) is 5.78 Å². The number of pyridine rings is 1. The molecule has 1 aliphatic rings. The zero-order chi connectivity index (χ0) is 11.6. The van der Waals surface area contributed by atoms with Gasteiger partial charge < -0.3 is 5.32 Å². The predicted octanol–water partition coefficient (Wildman–Crippen LogP) is 1.96. The molecule has 1 saturated heterocycles. The maximum absolute atomic E-state index is 12.4. The Bertz CT molecular complexity index is 377. The minimum absolute atomic E-state index is 0.197. The highest BCUT2D eigenvalue weighted by Crippen LogP contribution is 2.33. The van der Waals surface area contributed by atoms with Gasteiger partial charge in [0.05, 0.1) is 0 Å². The van der Waals surface area contributed by atoms with Gasteiger partial charge in [-0.05, 0) is 38.4 Å². The van der Waals surface area contributed by atoms with Crippen LogP contribution in [-0.4, -0.2) is 23.9 Å². The number of hydrogen-bond acceptors (Lipinski definition) is 3. The van der Waals surface area contributed by atoms with Gasteiger partial charge in [-0.25, -0.2) is 0 Å². The van der Waals surface area contributed by atoms with Crippen LogP contribution < -0.4 is 5.32 Å². The van der Waals surface area contributed by atoms with Crippen molar-refractivity contribution < 1.29 is 4.79 Å². The summed E-state index contributed by atoms with van der Waals surface area (Å²) in [6, 6.07) is 3.79. The van der Waals surface area contributed by atoms with Gasteiger partial charge in [0.1, 0.15) is 0 Å². The van der Waals surface area contributed by atoms with Crippen molar-refractivity contribution in [2.24, 2.45) is 5.41 Å². The second kappa shape index (κ2) is 4.34. The molecule has 0 radical (unpaired) electrons. The highest BCUT2D eigenvalue weighted by molar-refractivity contribution is 6.00. The van der Waals surface area contributed by atoms with Gasteiger partial charge >= 0.3 is 0 Å². The van der Waals surface area contributed by atoms with E-state index in [1.165, 1.54) is 0 Å². The molecule has 1 fully saturated rings. The maximum Gasteiger partial charge on any atom is 0.171 e. The number of aromatic nitrogens is 1. The van der Waals surface area contributed by atoms with Crippen LogP contribution in [0.25, 0.3) is 0 Å². The van der Waals surface area contributed by atoms with Crippen LogP contribution in [0.2, 0.25) is 0 Å². The zero-order valence-corrected chi connectivity index (χ0v) is 9.92. The number of nitrogens with zero attached hydrogens (tertiary/aromatic N) is 1. The molecule has 1 atom stereocenters. The third-order valence-corrected chi connectivity index (χ3v) is 3.58. The summed E-state index contributed by atoms with van der Waals surface area (Å²) in [6.45, 7) is 5.77. The molecule has 0 amide bonds. The second-order valence-electron chi connectivity index (χ2n) is 4.58. The molecule has 0 bridgehead atoms. The summed E-state index contributed by atoms with van der Waals surface area (Å²) >= 11 is 0. The van der Waals surface area contributed by atoms with Crippen LogP contribution in [0.1, 0.15) is 35.8 Å². The summed E-state index contributed by atoms with van der Waals surface area (Å²) in [5.41, 5.74) is 1.50. The van der Waals surface area contributed by atoms with Crippen LogP contribution in [0.5, 0.6) is 0 Å². The number of carbonyl (C=O) groups excluding carboxylic acids is 1. The van der Waals surface area contributed by atoms with Gasteiger partial charge in [0.2, 0.25) is 0 Å². The normalized spacial score (nSPS) is 24.6. The summed E-state index contributed by atoms with van der Waals surface area (Å²) in [5, 5.41) is 3.28. The Hall–Kier alpha value is -1.22. The van der Waals surface area contributed by atoms with Gasteiger partial charge in [0, 0.05) is 29.4 Å². The molecule has 0 aliphatic carbocycles. The first-order valence-corrected chi connectivity index (χ1v) is 5.86. The van der Waals surface area contributed by atoms with Crippen LogP contribution in [0.3, 0.4) is 0 Å². The molecule has 1 unspecified atom stereocenters. The molecular weight excluding hydrogens is 200 g/mol. The minimum atomic E-state index is -0.197. The maximum atomic E-state index is 12.4. The topological polar surface area (TPSA) is 42.0 Å². The lowest BCUT2D eigenvalue weighted by atomic mass is 9.77. The quantitative estimate of drug-likeness (QED) is 0.789. The molecule has 0 saturated carbocycles. The van der Waals surface area contributed by atoms with Crippen LogP contribution >= 0.6 is 0 Å². The number of aryl methyl sites for hydroxylation is 1. The average molecular weight is 218 g/mol. The fourth-order valence-corrected chi connectivity index (χ4v) is 2.31. The highest BCUT2D eigenvalue weighted by Gasteiger charge is 2.39. The first kappa shape index (κ1) is 11.3. The van der Waals surface area contributed by atoms with Crippen LogP contribution in [0.15, 0.2) is 18.3 Å². The van der Waals surface area contributed by atoms with Crippen molar-refractivity contribution in [2.75, 3.05) is 13.1 Å². The van der Waals surface area contributed by atoms with Crippen molar-refractivity contribution in [1.29, 1.82) is 0 Å². The van der Waals surface area contributed by atoms with E-state index >= 15 is 0 Å². The zero-order valence-electron chi connectivity index (χ0n) is 9.92. The van der Waals surface area contributed by atoms with Crippen molar-refractivity contribution in [3.8, 4) is 0 Å². The highest BCUT2D eigenvalue weighted by atomic mass is 16.1. The largest absolute Gasteiger partial charge is 0.316 e. The molecular formula is C13H18N2O. The number of ketones is 1.